The van der Waals surface area contributed by atoms with Crippen molar-refractivity contribution < 1.29 is 4.21 Å². The number of rotatable bonds is 2. The van der Waals surface area contributed by atoms with Crippen LogP contribution in [0.3, 0.4) is 0 Å². The maximum atomic E-state index is 12.7. The molecule has 0 fully saturated rings. The van der Waals surface area contributed by atoms with Crippen molar-refractivity contribution in [3.63, 3.8) is 0 Å². The van der Waals surface area contributed by atoms with Gasteiger partial charge in [0.15, 0.2) is 0 Å². The molecule has 0 aliphatic heterocycles. The fourth-order valence-corrected chi connectivity index (χ4v) is 3.48. The Morgan fingerprint density at radius 2 is 1.75 bits per heavy atom. The molecule has 1 heterocycles. The highest BCUT2D eigenvalue weighted by Gasteiger charge is 2.14. The number of hydrogen-bond donors (Lipinski definition) is 1. The zero-order valence-electron chi connectivity index (χ0n) is 9.42. The molecule has 0 aliphatic carbocycles. The van der Waals surface area contributed by atoms with E-state index in [4.69, 9.17) is 0 Å². The van der Waals surface area contributed by atoms with Crippen molar-refractivity contribution in [2.75, 3.05) is 6.26 Å². The van der Waals surface area contributed by atoms with Crippen LogP contribution in [0, 0.1) is 6.92 Å². The zero-order valence-corrected chi connectivity index (χ0v) is 10.3. The molecule has 0 unspecified atom stereocenters. The Morgan fingerprint density at radius 1 is 1.06 bits per heavy atom. The van der Waals surface area contributed by atoms with Crippen molar-refractivity contribution in [3.8, 4) is 0 Å². The van der Waals surface area contributed by atoms with E-state index in [1.807, 2.05) is 49.4 Å². The van der Waals surface area contributed by atoms with Crippen molar-refractivity contribution in [1.82, 2.24) is 4.98 Å². The third kappa shape index (κ3) is 2.04. The minimum atomic E-state index is -2.46. The van der Waals surface area contributed by atoms with E-state index < -0.39 is 9.93 Å². The summed E-state index contributed by atoms with van der Waals surface area (Å²) in [4.78, 5) is 5.88. The van der Waals surface area contributed by atoms with Crippen molar-refractivity contribution in [3.05, 3.63) is 54.4 Å². The second-order valence-corrected chi connectivity index (χ2v) is 6.80. The third-order valence-corrected chi connectivity index (χ3v) is 5.17. The molecule has 0 spiro atoms. The molecule has 1 aromatic carbocycles. The molecule has 2 rings (SSSR count). The van der Waals surface area contributed by atoms with Crippen LogP contribution >= 0.6 is 0 Å². The van der Waals surface area contributed by atoms with Crippen LogP contribution in [0.5, 0.6) is 0 Å². The first-order chi connectivity index (χ1) is 7.60. The lowest BCUT2D eigenvalue weighted by molar-refractivity contribution is 0.674. The lowest BCUT2D eigenvalue weighted by Crippen LogP contribution is -2.10. The highest BCUT2D eigenvalue weighted by atomic mass is 32.2. The Bertz CT molecular complexity index is 537. The van der Waals surface area contributed by atoms with Gasteiger partial charge in [-0.2, -0.15) is 0 Å². The molecule has 84 valence electrons. The van der Waals surface area contributed by atoms with E-state index in [0.717, 1.165) is 15.5 Å². The van der Waals surface area contributed by atoms with Crippen LogP contribution in [0.1, 0.15) is 5.69 Å². The maximum Gasteiger partial charge on any atom is 0.0384 e. The first-order valence-electron chi connectivity index (χ1n) is 5.17. The largest absolute Gasteiger partial charge is 0.276 e. The number of pyridine rings is 1. The monoisotopic (exact) mass is 233 g/mol. The van der Waals surface area contributed by atoms with Gasteiger partial charge >= 0.3 is 0 Å². The first kappa shape index (κ1) is 11.0. The molecule has 16 heavy (non-hydrogen) atoms. The summed E-state index contributed by atoms with van der Waals surface area (Å²) in [5.74, 6) is 0. The van der Waals surface area contributed by atoms with Crippen LogP contribution in [-0.4, -0.2) is 15.4 Å². The van der Waals surface area contributed by atoms with Gasteiger partial charge in [-0.25, -0.2) is 0 Å². The average molecular weight is 233 g/mol. The molecular weight excluding hydrogens is 218 g/mol. The Kier molecular flexibility index (Phi) is 2.88. The Balaban J connectivity index is 2.51. The predicted octanol–water partition coefficient (Wildman–Crippen LogP) is 2.45. The molecule has 0 atom stereocenters. The van der Waals surface area contributed by atoms with Gasteiger partial charge in [0.25, 0.3) is 0 Å². The van der Waals surface area contributed by atoms with E-state index in [1.54, 1.807) is 12.5 Å². The molecule has 0 radical (unpaired) electrons. The first-order valence-corrected chi connectivity index (χ1v) is 7.32. The lowest BCUT2D eigenvalue weighted by atomic mass is 10.4. The van der Waals surface area contributed by atoms with Crippen LogP contribution in [0.25, 0.3) is 0 Å². The van der Waals surface area contributed by atoms with E-state index in [0.29, 0.717) is 0 Å². The number of aryl methyl sites for hydroxylation is 1. The molecule has 0 N–H and O–H groups in total. The quantitative estimate of drug-likeness (QED) is 0.808. The van der Waals surface area contributed by atoms with Crippen molar-refractivity contribution in [2.45, 2.75) is 16.7 Å². The summed E-state index contributed by atoms with van der Waals surface area (Å²) < 4.78 is 12.7. The zero-order chi connectivity index (χ0) is 11.6. The summed E-state index contributed by atoms with van der Waals surface area (Å²) in [5.41, 5.74) is 0.899. The standard InChI is InChI=1S/C13H15NOS/c1-11-10-13(8-9-14-11)16(2,15)12-6-4-3-5-7-12/h3-10,16H,1-2H3. The summed E-state index contributed by atoms with van der Waals surface area (Å²) in [5, 5.41) is 0. The normalized spacial score (nSPS) is 12.4. The maximum absolute atomic E-state index is 12.7. The SMILES string of the molecule is Cc1cc([SH](C)(=O)c2ccccc2)ccn1. The van der Waals surface area contributed by atoms with Gasteiger partial charge in [-0.05, 0) is 37.4 Å². The third-order valence-electron chi connectivity index (χ3n) is 2.62. The second kappa shape index (κ2) is 4.18. The molecule has 0 aliphatic rings. The van der Waals surface area contributed by atoms with E-state index >= 15 is 0 Å². The van der Waals surface area contributed by atoms with Gasteiger partial charge in [-0.1, -0.05) is 28.1 Å². The van der Waals surface area contributed by atoms with Crippen LogP contribution in [0.4, 0.5) is 0 Å². The van der Waals surface area contributed by atoms with E-state index in [2.05, 4.69) is 4.98 Å². The summed E-state index contributed by atoms with van der Waals surface area (Å²) in [6.07, 6.45) is 3.51. The smallest absolute Gasteiger partial charge is 0.0384 e. The van der Waals surface area contributed by atoms with Gasteiger partial charge in [-0.15, -0.1) is 0 Å². The van der Waals surface area contributed by atoms with Crippen molar-refractivity contribution in [1.29, 1.82) is 0 Å². The van der Waals surface area contributed by atoms with E-state index in [-0.39, 0.29) is 0 Å². The number of benzene rings is 1. The Morgan fingerprint density at radius 3 is 2.38 bits per heavy atom. The topological polar surface area (TPSA) is 30.0 Å². The average Bonchev–Trinajstić information content (AvgIpc) is 2.30. The minimum Gasteiger partial charge on any atom is -0.276 e. The fraction of sp³-hybridized carbons (Fsp3) is 0.154. The molecular formula is C13H15NOS. The van der Waals surface area contributed by atoms with Crippen LogP contribution < -0.4 is 0 Å². The predicted molar refractivity (Wildman–Crippen MR) is 67.4 cm³/mol. The Labute approximate surface area is 96.8 Å². The Hall–Kier alpha value is -1.48. The van der Waals surface area contributed by atoms with E-state index in [1.165, 1.54) is 0 Å². The molecule has 0 bridgehead atoms. The van der Waals surface area contributed by atoms with Gasteiger partial charge in [-0.3, -0.25) is 9.19 Å². The van der Waals surface area contributed by atoms with Crippen molar-refractivity contribution in [2.24, 2.45) is 0 Å². The molecule has 1 aromatic heterocycles. The molecule has 0 saturated heterocycles. The number of nitrogens with zero attached hydrogens (tertiary/aromatic N) is 1. The summed E-state index contributed by atoms with van der Waals surface area (Å²) in [6, 6.07) is 13.3. The lowest BCUT2D eigenvalue weighted by Gasteiger charge is -2.19. The second-order valence-electron chi connectivity index (χ2n) is 3.92. The van der Waals surface area contributed by atoms with Crippen LogP contribution in [0.2, 0.25) is 0 Å². The number of hydrogen-bond acceptors (Lipinski definition) is 2. The highest BCUT2D eigenvalue weighted by molar-refractivity contribution is 8.02. The fourth-order valence-electron chi connectivity index (χ4n) is 1.66. The van der Waals surface area contributed by atoms with Crippen molar-refractivity contribution >= 4 is 9.93 Å². The number of thiol groups is 1. The van der Waals surface area contributed by atoms with Gasteiger partial charge in [0.2, 0.25) is 0 Å². The molecule has 0 amide bonds. The van der Waals surface area contributed by atoms with E-state index in [9.17, 15) is 4.21 Å². The molecule has 2 aromatic rings. The molecule has 0 saturated carbocycles. The van der Waals surface area contributed by atoms with Crippen LogP contribution in [-0.2, 0) is 9.93 Å². The summed E-state index contributed by atoms with van der Waals surface area (Å²) >= 11 is 0. The number of aromatic nitrogens is 1. The summed E-state index contributed by atoms with van der Waals surface area (Å²) in [6.45, 7) is 1.91. The summed E-state index contributed by atoms with van der Waals surface area (Å²) in [7, 11) is -2.46. The van der Waals surface area contributed by atoms with Gasteiger partial charge in [0.1, 0.15) is 0 Å². The minimum absolute atomic E-state index is 0.867. The van der Waals surface area contributed by atoms with Gasteiger partial charge in [0, 0.05) is 21.7 Å². The molecule has 3 heteroatoms. The van der Waals surface area contributed by atoms with Gasteiger partial charge in [0.05, 0.1) is 0 Å². The molecule has 2 nitrogen and oxygen atoms in total. The van der Waals surface area contributed by atoms with Crippen LogP contribution in [0.15, 0.2) is 58.5 Å². The van der Waals surface area contributed by atoms with Gasteiger partial charge < -0.3 is 0 Å². The highest BCUT2D eigenvalue weighted by Crippen LogP contribution is 2.25.